The number of para-hydroxylation sites is 1. The van der Waals surface area contributed by atoms with E-state index < -0.39 is 6.10 Å². The van der Waals surface area contributed by atoms with Gasteiger partial charge in [0.2, 0.25) is 0 Å². The summed E-state index contributed by atoms with van der Waals surface area (Å²) in [5.74, 6) is 0. The molecule has 2 N–H and O–H groups in total. The molecule has 0 saturated carbocycles. The van der Waals surface area contributed by atoms with Crippen LogP contribution in [-0.2, 0) is 0 Å². The molecular weight excluding hydrogens is 266 g/mol. The van der Waals surface area contributed by atoms with Crippen LogP contribution in [0.4, 0.5) is 0 Å². The van der Waals surface area contributed by atoms with E-state index in [1.807, 2.05) is 41.8 Å². The Bertz CT molecular complexity index is 876. The van der Waals surface area contributed by atoms with Gasteiger partial charge in [0.05, 0.1) is 0 Å². The van der Waals surface area contributed by atoms with Gasteiger partial charge in [-0.05, 0) is 35.2 Å². The molecule has 20 heavy (non-hydrogen) atoms. The van der Waals surface area contributed by atoms with E-state index in [0.717, 1.165) is 26.9 Å². The van der Waals surface area contributed by atoms with Crippen molar-refractivity contribution in [1.82, 2.24) is 4.98 Å². The number of aliphatic hydroxyl groups excluding tert-OH is 1. The lowest BCUT2D eigenvalue weighted by Crippen LogP contribution is -1.96. The van der Waals surface area contributed by atoms with E-state index in [1.54, 1.807) is 11.3 Å². The maximum atomic E-state index is 10.4. The molecule has 2 heterocycles. The molecule has 0 bridgehead atoms. The molecule has 0 aliphatic heterocycles. The van der Waals surface area contributed by atoms with Crippen LogP contribution in [0.1, 0.15) is 16.5 Å². The number of rotatable bonds is 2. The number of thiophene rings is 1. The lowest BCUT2D eigenvalue weighted by Gasteiger charge is -2.09. The molecule has 0 radical (unpaired) electrons. The predicted octanol–water partition coefficient (Wildman–Crippen LogP) is 4.46. The first kappa shape index (κ1) is 11.7. The minimum Gasteiger partial charge on any atom is -0.383 e. The molecule has 0 spiro atoms. The number of hydrogen-bond donors (Lipinski definition) is 2. The SMILES string of the molecule is OC(c1ccc2[nH]c3ccccc3c2c1)c1cccs1. The third-order valence-corrected chi connectivity index (χ3v) is 4.58. The number of benzene rings is 2. The summed E-state index contributed by atoms with van der Waals surface area (Å²) < 4.78 is 0. The zero-order valence-corrected chi connectivity index (χ0v) is 11.5. The number of aliphatic hydroxyl groups is 1. The minimum atomic E-state index is -0.548. The summed E-state index contributed by atoms with van der Waals surface area (Å²) >= 11 is 1.58. The molecule has 2 nitrogen and oxygen atoms in total. The van der Waals surface area contributed by atoms with Crippen LogP contribution in [0.5, 0.6) is 0 Å². The Kier molecular flexibility index (Phi) is 2.62. The van der Waals surface area contributed by atoms with Crippen LogP contribution in [0.15, 0.2) is 60.0 Å². The highest BCUT2D eigenvalue weighted by atomic mass is 32.1. The van der Waals surface area contributed by atoms with Crippen molar-refractivity contribution < 1.29 is 5.11 Å². The molecule has 0 saturated heterocycles. The Labute approximate surface area is 120 Å². The fourth-order valence-corrected chi connectivity index (χ4v) is 3.38. The number of hydrogen-bond acceptors (Lipinski definition) is 2. The van der Waals surface area contributed by atoms with Crippen molar-refractivity contribution in [2.24, 2.45) is 0 Å². The molecule has 1 atom stereocenters. The molecular formula is C17H13NOS. The average molecular weight is 279 g/mol. The quantitative estimate of drug-likeness (QED) is 0.558. The largest absolute Gasteiger partial charge is 0.383 e. The maximum absolute atomic E-state index is 10.4. The van der Waals surface area contributed by atoms with E-state index in [2.05, 4.69) is 23.2 Å². The summed E-state index contributed by atoms with van der Waals surface area (Å²) in [4.78, 5) is 4.38. The van der Waals surface area contributed by atoms with E-state index in [4.69, 9.17) is 0 Å². The summed E-state index contributed by atoms with van der Waals surface area (Å²) in [6.45, 7) is 0. The first-order valence-electron chi connectivity index (χ1n) is 6.55. The molecule has 2 aromatic carbocycles. The standard InChI is InChI=1S/C17H13NOS/c19-17(16-6-3-9-20-16)11-7-8-15-13(10-11)12-4-1-2-5-14(12)18-15/h1-10,17-19H. The fraction of sp³-hybridized carbons (Fsp3) is 0.0588. The van der Waals surface area contributed by atoms with E-state index in [0.29, 0.717) is 0 Å². The van der Waals surface area contributed by atoms with E-state index >= 15 is 0 Å². The third kappa shape index (κ3) is 1.75. The van der Waals surface area contributed by atoms with Crippen LogP contribution in [0.2, 0.25) is 0 Å². The molecule has 0 aliphatic carbocycles. The number of aromatic amines is 1. The summed E-state index contributed by atoms with van der Waals surface area (Å²) in [7, 11) is 0. The van der Waals surface area contributed by atoms with Crippen molar-refractivity contribution in [2.45, 2.75) is 6.10 Å². The van der Waals surface area contributed by atoms with Crippen molar-refractivity contribution in [3.8, 4) is 0 Å². The molecule has 1 unspecified atom stereocenters. The van der Waals surface area contributed by atoms with Gasteiger partial charge in [-0.3, -0.25) is 0 Å². The van der Waals surface area contributed by atoms with Gasteiger partial charge in [0.1, 0.15) is 6.10 Å². The van der Waals surface area contributed by atoms with Crippen LogP contribution in [-0.4, -0.2) is 10.1 Å². The van der Waals surface area contributed by atoms with Gasteiger partial charge in [-0.2, -0.15) is 0 Å². The van der Waals surface area contributed by atoms with Crippen molar-refractivity contribution in [1.29, 1.82) is 0 Å². The highest BCUT2D eigenvalue weighted by Crippen LogP contribution is 2.31. The number of fused-ring (bicyclic) bond motifs is 3. The Morgan fingerprint density at radius 2 is 1.75 bits per heavy atom. The van der Waals surface area contributed by atoms with Crippen LogP contribution in [0, 0.1) is 0 Å². The van der Waals surface area contributed by atoms with Gasteiger partial charge in [-0.25, -0.2) is 0 Å². The van der Waals surface area contributed by atoms with E-state index in [-0.39, 0.29) is 0 Å². The minimum absolute atomic E-state index is 0.548. The topological polar surface area (TPSA) is 36.0 Å². The average Bonchev–Trinajstić information content (AvgIpc) is 3.13. The second-order valence-corrected chi connectivity index (χ2v) is 5.87. The van der Waals surface area contributed by atoms with Gasteiger partial charge in [-0.15, -0.1) is 11.3 Å². The monoisotopic (exact) mass is 279 g/mol. The summed E-state index contributed by atoms with van der Waals surface area (Å²) in [6, 6.07) is 18.3. The molecule has 0 amide bonds. The maximum Gasteiger partial charge on any atom is 0.113 e. The predicted molar refractivity (Wildman–Crippen MR) is 84.2 cm³/mol. The first-order chi connectivity index (χ1) is 9.83. The molecule has 4 aromatic rings. The lowest BCUT2D eigenvalue weighted by molar-refractivity contribution is 0.224. The summed E-state index contributed by atoms with van der Waals surface area (Å²) in [6.07, 6.45) is -0.548. The highest BCUT2D eigenvalue weighted by Gasteiger charge is 2.13. The van der Waals surface area contributed by atoms with E-state index in [1.165, 1.54) is 5.39 Å². The van der Waals surface area contributed by atoms with Crippen LogP contribution >= 0.6 is 11.3 Å². The molecule has 98 valence electrons. The smallest absolute Gasteiger partial charge is 0.113 e. The third-order valence-electron chi connectivity index (χ3n) is 3.66. The van der Waals surface area contributed by atoms with Crippen LogP contribution < -0.4 is 0 Å². The first-order valence-corrected chi connectivity index (χ1v) is 7.43. The van der Waals surface area contributed by atoms with Crippen LogP contribution in [0.3, 0.4) is 0 Å². The molecule has 0 aliphatic rings. The second kappa shape index (κ2) is 4.47. The molecule has 3 heteroatoms. The van der Waals surface area contributed by atoms with Gasteiger partial charge in [0.15, 0.2) is 0 Å². The molecule has 2 aromatic heterocycles. The van der Waals surface area contributed by atoms with Crippen molar-refractivity contribution in [3.05, 3.63) is 70.4 Å². The van der Waals surface area contributed by atoms with Crippen LogP contribution in [0.25, 0.3) is 21.8 Å². The Balaban J connectivity index is 1.91. The van der Waals surface area contributed by atoms with Gasteiger partial charge < -0.3 is 10.1 Å². The number of nitrogens with one attached hydrogen (secondary N) is 1. The van der Waals surface area contributed by atoms with Gasteiger partial charge >= 0.3 is 0 Å². The van der Waals surface area contributed by atoms with Gasteiger partial charge in [-0.1, -0.05) is 30.3 Å². The van der Waals surface area contributed by atoms with Crippen molar-refractivity contribution >= 4 is 33.1 Å². The lowest BCUT2D eigenvalue weighted by atomic mass is 10.0. The molecule has 0 fully saturated rings. The van der Waals surface area contributed by atoms with Gasteiger partial charge in [0.25, 0.3) is 0 Å². The Morgan fingerprint density at radius 1 is 0.900 bits per heavy atom. The summed E-state index contributed by atoms with van der Waals surface area (Å²) in [5, 5.41) is 14.8. The normalized spacial score (nSPS) is 13.1. The zero-order valence-electron chi connectivity index (χ0n) is 10.7. The Hall–Kier alpha value is -2.10. The molecule has 4 rings (SSSR count). The number of aromatic nitrogens is 1. The van der Waals surface area contributed by atoms with Gasteiger partial charge in [0, 0.05) is 26.7 Å². The summed E-state index contributed by atoms with van der Waals surface area (Å²) in [5.41, 5.74) is 3.17. The second-order valence-electron chi connectivity index (χ2n) is 4.89. The zero-order chi connectivity index (χ0) is 13.5. The van der Waals surface area contributed by atoms with E-state index in [9.17, 15) is 5.11 Å². The fourth-order valence-electron chi connectivity index (χ4n) is 2.65. The van der Waals surface area contributed by atoms with Crippen molar-refractivity contribution in [2.75, 3.05) is 0 Å². The van der Waals surface area contributed by atoms with Crippen molar-refractivity contribution in [3.63, 3.8) is 0 Å². The highest BCUT2D eigenvalue weighted by molar-refractivity contribution is 7.10. The number of H-pyrrole nitrogens is 1. The Morgan fingerprint density at radius 3 is 2.60 bits per heavy atom.